The first kappa shape index (κ1) is 17.6. The maximum absolute atomic E-state index is 6.21. The van der Waals surface area contributed by atoms with Crippen molar-refractivity contribution in [2.75, 3.05) is 10.2 Å². The topological polar surface area (TPSA) is 66.0 Å². The SMILES string of the molecule is S=C(NCc1cccnc1)Nc1nc(Cl)cc(N2Cc3ccccc3C2)n1. The predicted molar refractivity (Wildman–Crippen MR) is 111 cm³/mol. The van der Waals surface area contributed by atoms with Crippen LogP contribution in [0.1, 0.15) is 16.7 Å². The summed E-state index contributed by atoms with van der Waals surface area (Å²) in [5.41, 5.74) is 3.63. The van der Waals surface area contributed by atoms with Gasteiger partial charge in [-0.2, -0.15) is 4.98 Å². The fourth-order valence-electron chi connectivity index (χ4n) is 2.95. The number of nitrogens with one attached hydrogen (secondary N) is 2. The molecule has 3 heterocycles. The van der Waals surface area contributed by atoms with E-state index in [-0.39, 0.29) is 0 Å². The smallest absolute Gasteiger partial charge is 0.232 e. The van der Waals surface area contributed by atoms with E-state index in [9.17, 15) is 0 Å². The zero-order valence-corrected chi connectivity index (χ0v) is 16.0. The van der Waals surface area contributed by atoms with Crippen molar-refractivity contribution in [3.63, 3.8) is 0 Å². The minimum atomic E-state index is 0.369. The lowest BCUT2D eigenvalue weighted by atomic mass is 10.1. The Morgan fingerprint density at radius 1 is 1.11 bits per heavy atom. The van der Waals surface area contributed by atoms with E-state index >= 15 is 0 Å². The molecule has 0 aliphatic carbocycles. The largest absolute Gasteiger partial charge is 0.358 e. The molecule has 1 aliphatic rings. The third-order valence-corrected chi connectivity index (χ3v) is 4.69. The summed E-state index contributed by atoms with van der Waals surface area (Å²) >= 11 is 11.5. The molecule has 2 aromatic heterocycles. The van der Waals surface area contributed by atoms with Crippen LogP contribution in [0.3, 0.4) is 0 Å². The highest BCUT2D eigenvalue weighted by atomic mass is 35.5. The van der Waals surface area contributed by atoms with Gasteiger partial charge in [-0.1, -0.05) is 41.9 Å². The molecule has 0 amide bonds. The number of aromatic nitrogens is 3. The Labute approximate surface area is 167 Å². The zero-order chi connectivity index (χ0) is 18.6. The molecule has 8 heteroatoms. The van der Waals surface area contributed by atoms with Gasteiger partial charge in [0.2, 0.25) is 5.95 Å². The van der Waals surface area contributed by atoms with Gasteiger partial charge in [-0.25, -0.2) is 4.98 Å². The Morgan fingerprint density at radius 2 is 1.89 bits per heavy atom. The number of benzene rings is 1. The summed E-state index contributed by atoms with van der Waals surface area (Å²) in [5, 5.41) is 6.91. The lowest BCUT2D eigenvalue weighted by Gasteiger charge is -2.18. The van der Waals surface area contributed by atoms with Gasteiger partial charge < -0.3 is 15.5 Å². The van der Waals surface area contributed by atoms with Crippen LogP contribution in [0, 0.1) is 0 Å². The fraction of sp³-hybridized carbons (Fsp3) is 0.158. The van der Waals surface area contributed by atoms with Crippen molar-refractivity contribution in [1.82, 2.24) is 20.3 Å². The van der Waals surface area contributed by atoms with Crippen LogP contribution in [-0.2, 0) is 19.6 Å². The van der Waals surface area contributed by atoms with Gasteiger partial charge in [0.05, 0.1) is 0 Å². The molecule has 2 N–H and O–H groups in total. The molecule has 136 valence electrons. The first-order valence-corrected chi connectivity index (χ1v) is 9.26. The Balaban J connectivity index is 1.43. The number of rotatable bonds is 4. The molecule has 3 aromatic rings. The highest BCUT2D eigenvalue weighted by Gasteiger charge is 2.20. The van der Waals surface area contributed by atoms with Crippen LogP contribution >= 0.6 is 23.8 Å². The van der Waals surface area contributed by atoms with E-state index in [1.165, 1.54) is 11.1 Å². The minimum absolute atomic E-state index is 0.369. The van der Waals surface area contributed by atoms with E-state index in [1.54, 1.807) is 18.5 Å². The Bertz CT molecular complexity index is 940. The van der Waals surface area contributed by atoms with Gasteiger partial charge in [-0.05, 0) is 35.0 Å². The van der Waals surface area contributed by atoms with Gasteiger partial charge in [0.1, 0.15) is 11.0 Å². The summed E-state index contributed by atoms with van der Waals surface area (Å²) in [6, 6.07) is 14.0. The third kappa shape index (κ3) is 4.32. The van der Waals surface area contributed by atoms with Crippen molar-refractivity contribution in [2.24, 2.45) is 0 Å². The first-order chi connectivity index (χ1) is 13.2. The molecule has 27 heavy (non-hydrogen) atoms. The Morgan fingerprint density at radius 3 is 2.59 bits per heavy atom. The normalized spacial score (nSPS) is 12.6. The van der Waals surface area contributed by atoms with Gasteiger partial charge in [0.15, 0.2) is 5.11 Å². The van der Waals surface area contributed by atoms with Crippen molar-refractivity contribution < 1.29 is 0 Å². The molecule has 1 aromatic carbocycles. The van der Waals surface area contributed by atoms with E-state index in [4.69, 9.17) is 23.8 Å². The predicted octanol–water partition coefficient (Wildman–Crippen LogP) is 3.53. The summed E-state index contributed by atoms with van der Waals surface area (Å²) in [5.74, 6) is 1.14. The van der Waals surface area contributed by atoms with Crippen LogP contribution in [0.2, 0.25) is 5.15 Å². The first-order valence-electron chi connectivity index (χ1n) is 8.47. The summed E-state index contributed by atoms with van der Waals surface area (Å²) in [4.78, 5) is 15.0. The minimum Gasteiger partial charge on any atom is -0.358 e. The van der Waals surface area contributed by atoms with E-state index in [2.05, 4.69) is 54.8 Å². The Kier molecular flexibility index (Phi) is 5.13. The van der Waals surface area contributed by atoms with Crippen molar-refractivity contribution in [3.8, 4) is 0 Å². The number of hydrogen-bond donors (Lipinski definition) is 2. The van der Waals surface area contributed by atoms with Gasteiger partial charge in [-0.15, -0.1) is 0 Å². The molecule has 4 rings (SSSR count). The average Bonchev–Trinajstić information content (AvgIpc) is 3.11. The summed E-state index contributed by atoms with van der Waals surface area (Å²) < 4.78 is 0. The summed E-state index contributed by atoms with van der Waals surface area (Å²) in [6.45, 7) is 2.16. The third-order valence-electron chi connectivity index (χ3n) is 4.25. The monoisotopic (exact) mass is 396 g/mol. The summed E-state index contributed by atoms with van der Waals surface area (Å²) in [6.07, 6.45) is 3.52. The van der Waals surface area contributed by atoms with Crippen LogP contribution < -0.4 is 15.5 Å². The lowest BCUT2D eigenvalue weighted by Crippen LogP contribution is -2.29. The van der Waals surface area contributed by atoms with Crippen molar-refractivity contribution in [3.05, 3.63) is 76.7 Å². The summed E-state index contributed by atoms with van der Waals surface area (Å²) in [7, 11) is 0. The maximum Gasteiger partial charge on any atom is 0.232 e. The van der Waals surface area contributed by atoms with E-state index in [0.717, 1.165) is 24.5 Å². The second-order valence-corrected chi connectivity index (χ2v) is 6.96. The van der Waals surface area contributed by atoms with Crippen LogP contribution in [0.25, 0.3) is 0 Å². The molecule has 0 unspecified atom stereocenters. The van der Waals surface area contributed by atoms with Crippen LogP contribution in [0.15, 0.2) is 54.9 Å². The number of fused-ring (bicyclic) bond motifs is 1. The van der Waals surface area contributed by atoms with Crippen molar-refractivity contribution in [2.45, 2.75) is 19.6 Å². The number of pyridine rings is 1. The van der Waals surface area contributed by atoms with Gasteiger partial charge in [0, 0.05) is 38.1 Å². The number of thiocarbonyl (C=S) groups is 1. The Hall–Kier alpha value is -2.77. The van der Waals surface area contributed by atoms with Gasteiger partial charge >= 0.3 is 0 Å². The molecule has 0 radical (unpaired) electrons. The van der Waals surface area contributed by atoms with Crippen LogP contribution in [-0.4, -0.2) is 20.1 Å². The van der Waals surface area contributed by atoms with E-state index in [0.29, 0.717) is 22.8 Å². The standard InChI is InChI=1S/C19H17ClN6S/c20-16-8-17(26-11-14-5-1-2-6-15(14)12-26)24-18(23-16)25-19(27)22-10-13-4-3-7-21-9-13/h1-9H,10-12H2,(H2,22,23,24,25,27). The second-order valence-electron chi connectivity index (χ2n) is 6.17. The molecular weight excluding hydrogens is 380 g/mol. The molecule has 0 saturated heterocycles. The average molecular weight is 397 g/mol. The molecule has 0 atom stereocenters. The highest BCUT2D eigenvalue weighted by Crippen LogP contribution is 2.28. The van der Waals surface area contributed by atoms with E-state index < -0.39 is 0 Å². The zero-order valence-electron chi connectivity index (χ0n) is 14.4. The number of nitrogens with zero attached hydrogens (tertiary/aromatic N) is 4. The number of anilines is 2. The van der Waals surface area contributed by atoms with E-state index in [1.807, 2.05) is 12.1 Å². The maximum atomic E-state index is 6.21. The van der Waals surface area contributed by atoms with Crippen LogP contribution in [0.5, 0.6) is 0 Å². The highest BCUT2D eigenvalue weighted by molar-refractivity contribution is 7.80. The molecule has 1 aliphatic heterocycles. The number of halogens is 1. The molecule has 0 saturated carbocycles. The molecular formula is C19H17ClN6S. The van der Waals surface area contributed by atoms with Crippen molar-refractivity contribution in [1.29, 1.82) is 0 Å². The quantitative estimate of drug-likeness (QED) is 0.516. The molecule has 0 bridgehead atoms. The number of hydrogen-bond acceptors (Lipinski definition) is 5. The molecule has 6 nitrogen and oxygen atoms in total. The second kappa shape index (κ2) is 7.85. The van der Waals surface area contributed by atoms with Gasteiger partial charge in [0.25, 0.3) is 0 Å². The van der Waals surface area contributed by atoms with Crippen LogP contribution in [0.4, 0.5) is 11.8 Å². The molecule has 0 fully saturated rings. The van der Waals surface area contributed by atoms with Gasteiger partial charge in [-0.3, -0.25) is 4.98 Å². The fourth-order valence-corrected chi connectivity index (χ4v) is 3.29. The molecule has 0 spiro atoms. The van der Waals surface area contributed by atoms with Crippen molar-refractivity contribution >= 4 is 40.7 Å². The lowest BCUT2D eigenvalue weighted by molar-refractivity contribution is 0.852.